The highest BCUT2D eigenvalue weighted by Crippen LogP contribution is 2.14. The normalized spacial score (nSPS) is 12.5. The third kappa shape index (κ3) is 5.78. The molecule has 0 spiro atoms. The van der Waals surface area contributed by atoms with Gasteiger partial charge in [-0.1, -0.05) is 36.4 Å². The molecule has 1 heterocycles. The van der Waals surface area contributed by atoms with Crippen LogP contribution in [0.25, 0.3) is 0 Å². The molecule has 0 saturated heterocycles. The Morgan fingerprint density at radius 3 is 2.74 bits per heavy atom. The van der Waals surface area contributed by atoms with Crippen molar-refractivity contribution in [3.05, 3.63) is 58.3 Å². The molecule has 0 aliphatic carbocycles. The van der Waals surface area contributed by atoms with Gasteiger partial charge in [-0.15, -0.1) is 11.3 Å². The highest BCUT2D eigenvalue weighted by atomic mass is 32.2. The SMILES string of the molecule is OC(COCc1cccs1)CSCc1ccccc1. The first-order valence-electron chi connectivity index (χ1n) is 6.24. The lowest BCUT2D eigenvalue weighted by atomic mass is 10.2. The fourth-order valence-electron chi connectivity index (χ4n) is 1.63. The van der Waals surface area contributed by atoms with Crippen molar-refractivity contribution in [2.75, 3.05) is 12.4 Å². The van der Waals surface area contributed by atoms with Crippen LogP contribution in [0.2, 0.25) is 0 Å². The van der Waals surface area contributed by atoms with Crippen LogP contribution >= 0.6 is 23.1 Å². The first-order chi connectivity index (χ1) is 9.34. The summed E-state index contributed by atoms with van der Waals surface area (Å²) in [6, 6.07) is 14.4. The molecule has 1 aromatic heterocycles. The lowest BCUT2D eigenvalue weighted by Crippen LogP contribution is -2.17. The van der Waals surface area contributed by atoms with E-state index in [4.69, 9.17) is 4.74 Å². The fraction of sp³-hybridized carbons (Fsp3) is 0.333. The van der Waals surface area contributed by atoms with Crippen molar-refractivity contribution in [2.24, 2.45) is 0 Å². The number of thioether (sulfide) groups is 1. The van der Waals surface area contributed by atoms with Crippen molar-refractivity contribution in [2.45, 2.75) is 18.5 Å². The second-order valence-corrected chi connectivity index (χ2v) is 6.31. The zero-order valence-electron chi connectivity index (χ0n) is 10.7. The summed E-state index contributed by atoms with van der Waals surface area (Å²) >= 11 is 3.41. The van der Waals surface area contributed by atoms with E-state index in [1.54, 1.807) is 23.1 Å². The summed E-state index contributed by atoms with van der Waals surface area (Å²) in [4.78, 5) is 1.20. The smallest absolute Gasteiger partial charge is 0.0864 e. The Kier molecular flexibility index (Phi) is 6.44. The largest absolute Gasteiger partial charge is 0.390 e. The summed E-state index contributed by atoms with van der Waals surface area (Å²) in [5.41, 5.74) is 1.29. The van der Waals surface area contributed by atoms with E-state index in [2.05, 4.69) is 12.1 Å². The van der Waals surface area contributed by atoms with Crippen LogP contribution in [-0.2, 0) is 17.1 Å². The van der Waals surface area contributed by atoms with Crippen LogP contribution in [0.5, 0.6) is 0 Å². The first kappa shape index (κ1) is 14.6. The van der Waals surface area contributed by atoms with Gasteiger partial charge in [0.15, 0.2) is 0 Å². The maximum atomic E-state index is 9.81. The Morgan fingerprint density at radius 1 is 1.16 bits per heavy atom. The molecular formula is C15H18O2S2. The third-order valence-corrected chi connectivity index (χ3v) is 4.56. The first-order valence-corrected chi connectivity index (χ1v) is 8.28. The number of aliphatic hydroxyl groups is 1. The second kappa shape index (κ2) is 8.38. The summed E-state index contributed by atoms with van der Waals surface area (Å²) in [6.45, 7) is 0.998. The van der Waals surface area contributed by atoms with Crippen LogP contribution in [0.4, 0.5) is 0 Å². The molecule has 2 aromatic rings. The number of thiophene rings is 1. The molecule has 0 aliphatic heterocycles. The monoisotopic (exact) mass is 294 g/mol. The Labute approximate surface area is 122 Å². The van der Waals surface area contributed by atoms with Gasteiger partial charge < -0.3 is 9.84 Å². The minimum absolute atomic E-state index is 0.395. The van der Waals surface area contributed by atoms with E-state index in [-0.39, 0.29) is 0 Å². The van der Waals surface area contributed by atoms with E-state index in [0.717, 1.165) is 5.75 Å². The van der Waals surface area contributed by atoms with Gasteiger partial charge in [0.05, 0.1) is 19.3 Å². The molecule has 1 atom stereocenters. The van der Waals surface area contributed by atoms with Crippen molar-refractivity contribution in [3.8, 4) is 0 Å². The molecule has 0 fully saturated rings. The van der Waals surface area contributed by atoms with Crippen LogP contribution in [-0.4, -0.2) is 23.6 Å². The van der Waals surface area contributed by atoms with E-state index in [9.17, 15) is 5.11 Å². The molecular weight excluding hydrogens is 276 g/mol. The fourth-order valence-corrected chi connectivity index (χ4v) is 3.18. The lowest BCUT2D eigenvalue weighted by molar-refractivity contribution is 0.0409. The van der Waals surface area contributed by atoms with Crippen LogP contribution in [0.1, 0.15) is 10.4 Å². The lowest BCUT2D eigenvalue weighted by Gasteiger charge is -2.10. The highest BCUT2D eigenvalue weighted by molar-refractivity contribution is 7.98. The van der Waals surface area contributed by atoms with E-state index in [1.807, 2.05) is 35.7 Å². The Morgan fingerprint density at radius 2 is 2.00 bits per heavy atom. The van der Waals surface area contributed by atoms with E-state index >= 15 is 0 Å². The predicted molar refractivity (Wildman–Crippen MR) is 82.6 cm³/mol. The van der Waals surface area contributed by atoms with Gasteiger partial charge in [0.1, 0.15) is 0 Å². The van der Waals surface area contributed by atoms with Crippen molar-refractivity contribution in [1.29, 1.82) is 0 Å². The number of benzene rings is 1. The molecule has 1 unspecified atom stereocenters. The second-order valence-electron chi connectivity index (χ2n) is 4.25. The average molecular weight is 294 g/mol. The molecule has 0 aliphatic rings. The van der Waals surface area contributed by atoms with Crippen LogP contribution in [0.15, 0.2) is 47.8 Å². The van der Waals surface area contributed by atoms with Gasteiger partial charge in [-0.25, -0.2) is 0 Å². The van der Waals surface area contributed by atoms with Gasteiger partial charge in [-0.05, 0) is 17.0 Å². The van der Waals surface area contributed by atoms with Gasteiger partial charge in [0.25, 0.3) is 0 Å². The maximum absolute atomic E-state index is 9.81. The number of ether oxygens (including phenoxy) is 1. The third-order valence-electron chi connectivity index (χ3n) is 2.56. The number of hydrogen-bond donors (Lipinski definition) is 1. The summed E-state index contributed by atoms with van der Waals surface area (Å²) in [5.74, 6) is 1.64. The topological polar surface area (TPSA) is 29.5 Å². The van der Waals surface area contributed by atoms with Crippen molar-refractivity contribution < 1.29 is 9.84 Å². The molecule has 0 radical (unpaired) electrons. The maximum Gasteiger partial charge on any atom is 0.0864 e. The number of aliphatic hydroxyl groups excluding tert-OH is 1. The molecule has 0 amide bonds. The molecule has 2 rings (SSSR count). The number of rotatable bonds is 8. The molecule has 1 N–H and O–H groups in total. The average Bonchev–Trinajstić information content (AvgIpc) is 2.93. The highest BCUT2D eigenvalue weighted by Gasteiger charge is 2.05. The number of hydrogen-bond acceptors (Lipinski definition) is 4. The van der Waals surface area contributed by atoms with Crippen molar-refractivity contribution >= 4 is 23.1 Å². The van der Waals surface area contributed by atoms with Gasteiger partial charge in [0, 0.05) is 16.4 Å². The van der Waals surface area contributed by atoms with Crippen LogP contribution in [0.3, 0.4) is 0 Å². The van der Waals surface area contributed by atoms with Gasteiger partial charge in [-0.3, -0.25) is 0 Å². The zero-order chi connectivity index (χ0) is 13.3. The van der Waals surface area contributed by atoms with Crippen molar-refractivity contribution in [3.63, 3.8) is 0 Å². The summed E-state index contributed by atoms with van der Waals surface area (Å²) in [5, 5.41) is 11.8. The van der Waals surface area contributed by atoms with E-state index < -0.39 is 6.10 Å². The summed E-state index contributed by atoms with van der Waals surface area (Å²) in [7, 11) is 0. The molecule has 102 valence electrons. The minimum Gasteiger partial charge on any atom is -0.390 e. The standard InChI is InChI=1S/C15H18O2S2/c16-14(9-17-10-15-7-4-8-19-15)12-18-11-13-5-2-1-3-6-13/h1-8,14,16H,9-12H2. The zero-order valence-corrected chi connectivity index (χ0v) is 12.3. The minimum atomic E-state index is -0.395. The summed E-state index contributed by atoms with van der Waals surface area (Å²) in [6.07, 6.45) is -0.395. The van der Waals surface area contributed by atoms with Crippen LogP contribution in [0, 0.1) is 0 Å². The van der Waals surface area contributed by atoms with Gasteiger partial charge >= 0.3 is 0 Å². The molecule has 0 bridgehead atoms. The molecule has 0 saturated carbocycles. The Hall–Kier alpha value is -0.810. The van der Waals surface area contributed by atoms with Gasteiger partial charge in [0.2, 0.25) is 0 Å². The quantitative estimate of drug-likeness (QED) is 0.807. The van der Waals surface area contributed by atoms with Gasteiger partial charge in [-0.2, -0.15) is 11.8 Å². The Bertz CT molecular complexity index is 442. The molecule has 4 heteroatoms. The molecule has 19 heavy (non-hydrogen) atoms. The summed E-state index contributed by atoms with van der Waals surface area (Å²) < 4.78 is 5.49. The van der Waals surface area contributed by atoms with Crippen LogP contribution < -0.4 is 0 Å². The van der Waals surface area contributed by atoms with E-state index in [1.165, 1.54) is 10.4 Å². The van der Waals surface area contributed by atoms with E-state index in [0.29, 0.717) is 19.0 Å². The van der Waals surface area contributed by atoms with Crippen molar-refractivity contribution in [1.82, 2.24) is 0 Å². The predicted octanol–water partition coefficient (Wildman–Crippen LogP) is 3.56. The molecule has 2 nitrogen and oxygen atoms in total. The molecule has 1 aromatic carbocycles. The Balaban J connectivity index is 1.56.